The van der Waals surface area contributed by atoms with Gasteiger partial charge >= 0.3 is 6.03 Å². The molecule has 1 fully saturated rings. The Bertz CT molecular complexity index is 649. The highest BCUT2D eigenvalue weighted by Gasteiger charge is 2.20. The Morgan fingerprint density at radius 1 is 1.14 bits per heavy atom. The number of aromatic nitrogens is 2. The minimum atomic E-state index is -0.277. The molecule has 0 saturated heterocycles. The number of amides is 2. The first-order valence-corrected chi connectivity index (χ1v) is 8.51. The second-order valence-electron chi connectivity index (χ2n) is 5.67. The molecule has 0 unspecified atom stereocenters. The first kappa shape index (κ1) is 15.0. The van der Waals surface area contributed by atoms with E-state index in [0.29, 0.717) is 11.0 Å². The number of nitrogens with one attached hydrogen (secondary N) is 2. The number of carbonyl (C=O) groups excluding carboxylic acids is 1. The molecule has 22 heavy (non-hydrogen) atoms. The van der Waals surface area contributed by atoms with Crippen molar-refractivity contribution in [3.8, 4) is 0 Å². The molecule has 1 saturated carbocycles. The van der Waals surface area contributed by atoms with Crippen LogP contribution in [0.2, 0.25) is 0 Å². The van der Waals surface area contributed by atoms with E-state index in [2.05, 4.69) is 20.8 Å². The van der Waals surface area contributed by atoms with Crippen molar-refractivity contribution in [1.29, 1.82) is 0 Å². The van der Waals surface area contributed by atoms with Crippen LogP contribution in [0.4, 0.5) is 15.6 Å². The minimum absolute atomic E-state index is 0.277. The molecule has 3 rings (SSSR count). The summed E-state index contributed by atoms with van der Waals surface area (Å²) in [6.07, 6.45) is 6.22. The molecule has 5 nitrogen and oxygen atoms in total. The second kappa shape index (κ2) is 6.87. The predicted octanol–water partition coefficient (Wildman–Crippen LogP) is 4.54. The van der Waals surface area contributed by atoms with E-state index in [-0.39, 0.29) is 6.03 Å². The van der Waals surface area contributed by atoms with Crippen molar-refractivity contribution in [2.75, 3.05) is 10.6 Å². The number of anilines is 2. The van der Waals surface area contributed by atoms with E-state index in [0.717, 1.165) is 16.3 Å². The van der Waals surface area contributed by atoms with Gasteiger partial charge in [0, 0.05) is 11.6 Å². The molecule has 116 valence electrons. The van der Waals surface area contributed by atoms with Crippen LogP contribution in [0.5, 0.6) is 0 Å². The average molecular weight is 316 g/mol. The monoisotopic (exact) mass is 316 g/mol. The van der Waals surface area contributed by atoms with Gasteiger partial charge in [-0.3, -0.25) is 5.32 Å². The Morgan fingerprint density at radius 2 is 1.91 bits per heavy atom. The van der Waals surface area contributed by atoms with Gasteiger partial charge in [-0.1, -0.05) is 48.8 Å². The number of aryl methyl sites for hydroxylation is 1. The molecule has 2 amide bonds. The Balaban J connectivity index is 1.60. The van der Waals surface area contributed by atoms with Crippen molar-refractivity contribution < 1.29 is 4.79 Å². The SMILES string of the molecule is Cc1ccccc1NC(=O)Nc1nnc(C2CCCCC2)s1. The standard InChI is InChI=1S/C16H20N4OS/c1-11-7-5-6-10-13(11)17-15(21)18-16-20-19-14(22-16)12-8-3-2-4-9-12/h5-7,10,12H,2-4,8-9H2,1H3,(H2,17,18,20,21). The number of hydrogen-bond acceptors (Lipinski definition) is 4. The summed E-state index contributed by atoms with van der Waals surface area (Å²) in [4.78, 5) is 12.0. The fraction of sp³-hybridized carbons (Fsp3) is 0.438. The molecule has 6 heteroatoms. The smallest absolute Gasteiger partial charge is 0.307 e. The highest BCUT2D eigenvalue weighted by Crippen LogP contribution is 2.35. The van der Waals surface area contributed by atoms with Crippen molar-refractivity contribution in [1.82, 2.24) is 10.2 Å². The summed E-state index contributed by atoms with van der Waals surface area (Å²) in [5.74, 6) is 0.515. The van der Waals surface area contributed by atoms with Crippen LogP contribution in [-0.4, -0.2) is 16.2 Å². The summed E-state index contributed by atoms with van der Waals surface area (Å²) >= 11 is 1.49. The van der Waals surface area contributed by atoms with Gasteiger partial charge < -0.3 is 5.32 Å². The zero-order valence-electron chi connectivity index (χ0n) is 12.6. The molecule has 1 aliphatic carbocycles. The van der Waals surface area contributed by atoms with Gasteiger partial charge in [0.1, 0.15) is 5.01 Å². The maximum Gasteiger partial charge on any atom is 0.325 e. The third-order valence-corrected chi connectivity index (χ3v) is 5.01. The van der Waals surface area contributed by atoms with Crippen molar-refractivity contribution in [2.45, 2.75) is 44.9 Å². The molecule has 1 aliphatic rings. The Hall–Kier alpha value is -1.95. The van der Waals surface area contributed by atoms with Crippen molar-refractivity contribution in [2.24, 2.45) is 0 Å². The summed E-state index contributed by atoms with van der Waals surface area (Å²) in [7, 11) is 0. The van der Waals surface area contributed by atoms with E-state index in [1.807, 2.05) is 31.2 Å². The fourth-order valence-electron chi connectivity index (χ4n) is 2.76. The zero-order chi connectivity index (χ0) is 15.4. The molecular weight excluding hydrogens is 296 g/mol. The normalized spacial score (nSPS) is 15.5. The van der Waals surface area contributed by atoms with Crippen LogP contribution < -0.4 is 10.6 Å². The number of benzene rings is 1. The summed E-state index contributed by atoms with van der Waals surface area (Å²) in [6.45, 7) is 1.96. The number of nitrogens with zero attached hydrogens (tertiary/aromatic N) is 2. The van der Waals surface area contributed by atoms with E-state index < -0.39 is 0 Å². The third kappa shape index (κ3) is 3.62. The summed E-state index contributed by atoms with van der Waals surface area (Å²) < 4.78 is 0. The largest absolute Gasteiger partial charge is 0.325 e. The lowest BCUT2D eigenvalue weighted by Gasteiger charge is -2.18. The van der Waals surface area contributed by atoms with Crippen molar-refractivity contribution in [3.05, 3.63) is 34.8 Å². The molecule has 1 aromatic carbocycles. The molecule has 1 aromatic heterocycles. The van der Waals surface area contributed by atoms with Gasteiger partial charge in [0.15, 0.2) is 0 Å². The maximum absolute atomic E-state index is 12.0. The van der Waals surface area contributed by atoms with Crippen LogP contribution in [0, 0.1) is 6.92 Å². The van der Waals surface area contributed by atoms with Crippen LogP contribution in [0.15, 0.2) is 24.3 Å². The van der Waals surface area contributed by atoms with Gasteiger partial charge in [-0.2, -0.15) is 0 Å². The Labute approximate surface area is 134 Å². The first-order valence-electron chi connectivity index (χ1n) is 7.69. The average Bonchev–Trinajstić information content (AvgIpc) is 2.99. The predicted molar refractivity (Wildman–Crippen MR) is 89.6 cm³/mol. The molecule has 2 N–H and O–H groups in total. The maximum atomic E-state index is 12.0. The van der Waals surface area contributed by atoms with Gasteiger partial charge in [0.2, 0.25) is 5.13 Å². The molecule has 1 heterocycles. The lowest BCUT2D eigenvalue weighted by Crippen LogP contribution is -2.19. The molecule has 0 radical (unpaired) electrons. The highest BCUT2D eigenvalue weighted by atomic mass is 32.1. The molecule has 0 atom stereocenters. The molecular formula is C16H20N4OS. The second-order valence-corrected chi connectivity index (χ2v) is 6.68. The summed E-state index contributed by atoms with van der Waals surface area (Å²) in [6, 6.07) is 7.40. The van der Waals surface area contributed by atoms with Gasteiger partial charge in [0.25, 0.3) is 0 Å². The quantitative estimate of drug-likeness (QED) is 0.873. The number of hydrogen-bond donors (Lipinski definition) is 2. The minimum Gasteiger partial charge on any atom is -0.307 e. The van der Waals surface area contributed by atoms with Crippen molar-refractivity contribution in [3.63, 3.8) is 0 Å². The highest BCUT2D eigenvalue weighted by molar-refractivity contribution is 7.15. The molecule has 0 aliphatic heterocycles. The van der Waals surface area contributed by atoms with Crippen LogP contribution in [0.25, 0.3) is 0 Å². The Kier molecular flexibility index (Phi) is 4.68. The van der Waals surface area contributed by atoms with Crippen LogP contribution in [-0.2, 0) is 0 Å². The lowest BCUT2D eigenvalue weighted by atomic mass is 9.90. The zero-order valence-corrected chi connectivity index (χ0v) is 13.4. The van der Waals surface area contributed by atoms with Gasteiger partial charge in [0.05, 0.1) is 0 Å². The molecule has 0 bridgehead atoms. The van der Waals surface area contributed by atoms with Gasteiger partial charge in [-0.05, 0) is 31.4 Å². The van der Waals surface area contributed by atoms with Crippen LogP contribution >= 0.6 is 11.3 Å². The summed E-state index contributed by atoms with van der Waals surface area (Å²) in [5.41, 5.74) is 1.83. The Morgan fingerprint density at radius 3 is 2.68 bits per heavy atom. The number of para-hydroxylation sites is 1. The van der Waals surface area contributed by atoms with Crippen molar-refractivity contribution >= 4 is 28.2 Å². The third-order valence-electron chi connectivity index (χ3n) is 4.01. The van der Waals surface area contributed by atoms with E-state index in [1.165, 1.54) is 43.4 Å². The van der Waals surface area contributed by atoms with Gasteiger partial charge in [-0.25, -0.2) is 4.79 Å². The fourth-order valence-corrected chi connectivity index (χ4v) is 3.67. The number of carbonyl (C=O) groups is 1. The van der Waals surface area contributed by atoms with E-state index in [4.69, 9.17) is 0 Å². The topological polar surface area (TPSA) is 66.9 Å². The summed E-state index contributed by atoms with van der Waals surface area (Å²) in [5, 5.41) is 15.6. The van der Waals surface area contributed by atoms with E-state index in [1.54, 1.807) is 0 Å². The molecule has 2 aromatic rings. The molecule has 0 spiro atoms. The first-order chi connectivity index (χ1) is 10.7. The number of rotatable bonds is 3. The number of urea groups is 1. The van der Waals surface area contributed by atoms with Crippen LogP contribution in [0.3, 0.4) is 0 Å². The van der Waals surface area contributed by atoms with E-state index in [9.17, 15) is 4.79 Å². The lowest BCUT2D eigenvalue weighted by molar-refractivity contribution is 0.262. The van der Waals surface area contributed by atoms with E-state index >= 15 is 0 Å². The van der Waals surface area contributed by atoms with Gasteiger partial charge in [-0.15, -0.1) is 10.2 Å². The van der Waals surface area contributed by atoms with Crippen LogP contribution in [0.1, 0.15) is 48.6 Å².